The van der Waals surface area contributed by atoms with Crippen molar-refractivity contribution in [2.45, 2.75) is 19.9 Å². The number of rotatable bonds is 6. The molecule has 1 N–H and O–H groups in total. The first-order valence-electron chi connectivity index (χ1n) is 9.40. The molecule has 0 fully saturated rings. The molecule has 0 bridgehead atoms. The van der Waals surface area contributed by atoms with Crippen LogP contribution >= 0.6 is 0 Å². The molecule has 0 atom stereocenters. The predicted octanol–water partition coefficient (Wildman–Crippen LogP) is 5.49. The molecule has 0 saturated carbocycles. The maximum atomic E-state index is 13.2. The van der Waals surface area contributed by atoms with Gasteiger partial charge in [0.1, 0.15) is 5.82 Å². The van der Waals surface area contributed by atoms with E-state index in [9.17, 15) is 4.39 Å². The van der Waals surface area contributed by atoms with Gasteiger partial charge < -0.3 is 5.32 Å². The lowest BCUT2D eigenvalue weighted by Gasteiger charge is -2.13. The van der Waals surface area contributed by atoms with E-state index < -0.39 is 0 Å². The van der Waals surface area contributed by atoms with Gasteiger partial charge in [0, 0.05) is 23.2 Å². The second-order valence-electron chi connectivity index (χ2n) is 6.73. The van der Waals surface area contributed by atoms with Crippen molar-refractivity contribution in [3.05, 3.63) is 102 Å². The number of benzene rings is 3. The van der Waals surface area contributed by atoms with Crippen LogP contribution in [0.5, 0.6) is 0 Å². The Hall–Kier alpha value is -3.40. The van der Waals surface area contributed by atoms with E-state index in [0.717, 1.165) is 40.8 Å². The van der Waals surface area contributed by atoms with Crippen molar-refractivity contribution in [2.75, 3.05) is 0 Å². The van der Waals surface area contributed by atoms with Crippen molar-refractivity contribution in [1.29, 1.82) is 0 Å². The second-order valence-corrected chi connectivity index (χ2v) is 6.73. The van der Waals surface area contributed by atoms with E-state index in [2.05, 4.69) is 48.2 Å². The Morgan fingerprint density at radius 3 is 2.50 bits per heavy atom. The van der Waals surface area contributed by atoms with E-state index in [-0.39, 0.29) is 5.82 Å². The summed E-state index contributed by atoms with van der Waals surface area (Å²) in [5.41, 5.74) is 6.27. The molecule has 28 heavy (non-hydrogen) atoms. The zero-order valence-corrected chi connectivity index (χ0v) is 15.8. The minimum absolute atomic E-state index is 0.258. The van der Waals surface area contributed by atoms with Gasteiger partial charge in [0.2, 0.25) is 0 Å². The molecule has 4 aromatic rings. The Morgan fingerprint density at radius 2 is 1.75 bits per heavy atom. The van der Waals surface area contributed by atoms with Gasteiger partial charge in [0.15, 0.2) is 0 Å². The molecule has 0 aliphatic rings. The number of nitrogens with one attached hydrogen (secondary N) is 1. The molecule has 4 heteroatoms. The van der Waals surface area contributed by atoms with Gasteiger partial charge in [0.25, 0.3) is 0 Å². The largest absolute Gasteiger partial charge is 0.381 e. The Morgan fingerprint density at radius 1 is 1.00 bits per heavy atom. The van der Waals surface area contributed by atoms with E-state index in [1.807, 2.05) is 29.1 Å². The Labute approximate surface area is 164 Å². The lowest BCUT2D eigenvalue weighted by atomic mass is 10.0. The minimum atomic E-state index is -0.258. The van der Waals surface area contributed by atoms with E-state index >= 15 is 0 Å². The third-order valence-electron chi connectivity index (χ3n) is 5.00. The molecule has 0 aliphatic heterocycles. The monoisotopic (exact) mass is 371 g/mol. The summed E-state index contributed by atoms with van der Waals surface area (Å²) in [5, 5.41) is 8.97. The van der Waals surface area contributed by atoms with Crippen molar-refractivity contribution >= 4 is 16.6 Å². The van der Waals surface area contributed by atoms with Crippen LogP contribution in [0.25, 0.3) is 22.3 Å². The van der Waals surface area contributed by atoms with Crippen molar-refractivity contribution in [3.8, 4) is 5.69 Å². The summed E-state index contributed by atoms with van der Waals surface area (Å²) in [6.45, 7) is 7.13. The van der Waals surface area contributed by atoms with E-state index in [1.165, 1.54) is 23.3 Å². The molecule has 0 spiro atoms. The van der Waals surface area contributed by atoms with Gasteiger partial charge in [-0.1, -0.05) is 49.9 Å². The number of aryl methyl sites for hydroxylation is 1. The number of fused-ring (bicyclic) bond motifs is 1. The first-order chi connectivity index (χ1) is 13.7. The van der Waals surface area contributed by atoms with Crippen LogP contribution in [0.15, 0.2) is 79.5 Å². The summed E-state index contributed by atoms with van der Waals surface area (Å²) < 4.78 is 15.1. The highest BCUT2D eigenvalue weighted by molar-refractivity contribution is 5.91. The Kier molecular flexibility index (Phi) is 4.94. The molecule has 0 aliphatic carbocycles. The zero-order chi connectivity index (χ0) is 19.5. The fourth-order valence-corrected chi connectivity index (χ4v) is 3.47. The molecule has 140 valence electrons. The summed E-state index contributed by atoms with van der Waals surface area (Å²) in [5.74, 6) is -0.258. The summed E-state index contributed by atoms with van der Waals surface area (Å²) in [4.78, 5) is 0. The van der Waals surface area contributed by atoms with Crippen LogP contribution in [-0.4, -0.2) is 9.78 Å². The standard InChI is InChI=1S/C24H22FN3/c1-3-18-7-4-5-8-19(18)15-26-17(2)22-9-6-10-24-23(22)16-27-28(24)21-13-11-20(25)12-14-21/h4-14,16,26H,2-3,15H2,1H3. The van der Waals surface area contributed by atoms with Gasteiger partial charge in [-0.3, -0.25) is 0 Å². The molecule has 0 radical (unpaired) electrons. The molecular formula is C24H22FN3. The van der Waals surface area contributed by atoms with Gasteiger partial charge in [-0.2, -0.15) is 5.10 Å². The lowest BCUT2D eigenvalue weighted by molar-refractivity contribution is 0.627. The maximum Gasteiger partial charge on any atom is 0.123 e. The lowest BCUT2D eigenvalue weighted by Crippen LogP contribution is -2.12. The maximum absolute atomic E-state index is 13.2. The number of aromatic nitrogens is 2. The van der Waals surface area contributed by atoms with Crippen LogP contribution in [0.2, 0.25) is 0 Å². The molecule has 0 unspecified atom stereocenters. The first-order valence-corrected chi connectivity index (χ1v) is 9.40. The van der Waals surface area contributed by atoms with E-state index in [4.69, 9.17) is 0 Å². The van der Waals surface area contributed by atoms with Crippen LogP contribution in [0.4, 0.5) is 4.39 Å². The summed E-state index contributed by atoms with van der Waals surface area (Å²) in [6, 6.07) is 20.8. The number of nitrogens with zero attached hydrogens (tertiary/aromatic N) is 2. The van der Waals surface area contributed by atoms with Crippen molar-refractivity contribution in [3.63, 3.8) is 0 Å². The van der Waals surface area contributed by atoms with Gasteiger partial charge in [0.05, 0.1) is 17.4 Å². The molecule has 4 rings (SSSR count). The van der Waals surface area contributed by atoms with Crippen molar-refractivity contribution in [2.24, 2.45) is 0 Å². The fourth-order valence-electron chi connectivity index (χ4n) is 3.47. The van der Waals surface area contributed by atoms with Crippen LogP contribution < -0.4 is 5.32 Å². The molecule has 0 amide bonds. The first kappa shape index (κ1) is 18.0. The summed E-state index contributed by atoms with van der Waals surface area (Å²) in [6.07, 6.45) is 2.84. The highest BCUT2D eigenvalue weighted by Gasteiger charge is 2.11. The summed E-state index contributed by atoms with van der Waals surface area (Å²) >= 11 is 0. The van der Waals surface area contributed by atoms with Gasteiger partial charge in [-0.15, -0.1) is 0 Å². The molecular weight excluding hydrogens is 349 g/mol. The number of hydrogen-bond donors (Lipinski definition) is 1. The number of hydrogen-bond acceptors (Lipinski definition) is 2. The van der Waals surface area contributed by atoms with Gasteiger partial charge in [-0.05, 0) is 47.9 Å². The quantitative estimate of drug-likeness (QED) is 0.486. The summed E-state index contributed by atoms with van der Waals surface area (Å²) in [7, 11) is 0. The van der Waals surface area contributed by atoms with Crippen molar-refractivity contribution in [1.82, 2.24) is 15.1 Å². The predicted molar refractivity (Wildman–Crippen MR) is 113 cm³/mol. The highest BCUT2D eigenvalue weighted by Crippen LogP contribution is 2.25. The molecule has 1 aromatic heterocycles. The topological polar surface area (TPSA) is 29.9 Å². The molecule has 3 aromatic carbocycles. The normalized spacial score (nSPS) is 10.9. The van der Waals surface area contributed by atoms with Crippen LogP contribution in [-0.2, 0) is 13.0 Å². The van der Waals surface area contributed by atoms with Crippen molar-refractivity contribution < 1.29 is 4.39 Å². The van der Waals surface area contributed by atoms with Crippen LogP contribution in [0.3, 0.4) is 0 Å². The SMILES string of the molecule is C=C(NCc1ccccc1CC)c1cccc2c1cnn2-c1ccc(F)cc1. The Bertz CT molecular complexity index is 1130. The molecule has 0 saturated heterocycles. The zero-order valence-electron chi connectivity index (χ0n) is 15.8. The minimum Gasteiger partial charge on any atom is -0.381 e. The average molecular weight is 371 g/mol. The van der Waals surface area contributed by atoms with Gasteiger partial charge >= 0.3 is 0 Å². The van der Waals surface area contributed by atoms with Gasteiger partial charge in [-0.25, -0.2) is 9.07 Å². The number of halogens is 1. The molecule has 1 heterocycles. The fraction of sp³-hybridized carbons (Fsp3) is 0.125. The van der Waals surface area contributed by atoms with E-state index in [1.54, 1.807) is 12.1 Å². The highest BCUT2D eigenvalue weighted by atomic mass is 19.1. The Balaban J connectivity index is 1.62. The van der Waals surface area contributed by atoms with Crippen LogP contribution in [0.1, 0.15) is 23.6 Å². The van der Waals surface area contributed by atoms with E-state index in [0.29, 0.717) is 0 Å². The molecule has 3 nitrogen and oxygen atoms in total. The third kappa shape index (κ3) is 3.41. The third-order valence-corrected chi connectivity index (χ3v) is 5.00. The smallest absolute Gasteiger partial charge is 0.123 e. The second kappa shape index (κ2) is 7.69. The average Bonchev–Trinajstić information content (AvgIpc) is 3.17. The van der Waals surface area contributed by atoms with Crippen LogP contribution in [0, 0.1) is 5.82 Å².